The molecule has 33 heavy (non-hydrogen) atoms. The molecule has 174 valence electrons. The minimum atomic E-state index is -3.71. The molecule has 4 rings (SSSR count). The number of nitrogens with zero attached hydrogens (tertiary/aromatic N) is 2. The monoisotopic (exact) mass is 489 g/mol. The number of carbonyl (C=O) groups is 3. The summed E-state index contributed by atoms with van der Waals surface area (Å²) >= 11 is 5.86. The van der Waals surface area contributed by atoms with Gasteiger partial charge in [-0.2, -0.15) is 4.31 Å². The van der Waals surface area contributed by atoms with Gasteiger partial charge in [-0.05, 0) is 54.8 Å². The van der Waals surface area contributed by atoms with E-state index in [1.807, 2.05) is 0 Å². The molecule has 2 aromatic carbocycles. The van der Waals surface area contributed by atoms with Crippen molar-refractivity contribution in [1.29, 1.82) is 0 Å². The maximum atomic E-state index is 12.9. The van der Waals surface area contributed by atoms with Crippen molar-refractivity contribution in [3.63, 3.8) is 0 Å². The van der Waals surface area contributed by atoms with Crippen LogP contribution in [0.3, 0.4) is 0 Å². The smallest absolute Gasteiger partial charge is 0.243 e. The van der Waals surface area contributed by atoms with E-state index in [0.29, 0.717) is 30.1 Å². The molecule has 0 bridgehead atoms. The van der Waals surface area contributed by atoms with Gasteiger partial charge < -0.3 is 5.32 Å². The molecule has 1 atom stereocenters. The van der Waals surface area contributed by atoms with E-state index in [0.717, 1.165) is 5.56 Å². The maximum absolute atomic E-state index is 12.9. The zero-order chi connectivity index (χ0) is 23.6. The van der Waals surface area contributed by atoms with Crippen molar-refractivity contribution in [2.24, 2.45) is 5.92 Å². The standard InChI is InChI=1S/C23H24ClN3O5S/c24-18-5-9-20(10-6-18)33(31,32)26-13-1-2-17(15-26)23(30)25-19-7-3-16(4-8-19)14-27-21(28)11-12-22(27)29/h3-10,17H,1-2,11-15H2,(H,25,30). The summed E-state index contributed by atoms with van der Waals surface area (Å²) in [4.78, 5) is 37.8. The van der Waals surface area contributed by atoms with Gasteiger partial charge in [-0.1, -0.05) is 23.7 Å². The quantitative estimate of drug-likeness (QED) is 0.628. The Morgan fingerprint density at radius 2 is 1.64 bits per heavy atom. The summed E-state index contributed by atoms with van der Waals surface area (Å²) in [6.07, 6.45) is 1.68. The molecule has 0 saturated carbocycles. The molecule has 2 aromatic rings. The molecule has 10 heteroatoms. The summed E-state index contributed by atoms with van der Waals surface area (Å²) in [5.41, 5.74) is 1.36. The van der Waals surface area contributed by atoms with Crippen LogP contribution < -0.4 is 5.32 Å². The molecule has 0 radical (unpaired) electrons. The third-order valence-electron chi connectivity index (χ3n) is 5.92. The Balaban J connectivity index is 1.37. The van der Waals surface area contributed by atoms with Gasteiger partial charge >= 0.3 is 0 Å². The minimum Gasteiger partial charge on any atom is -0.326 e. The highest BCUT2D eigenvalue weighted by Crippen LogP contribution is 2.26. The van der Waals surface area contributed by atoms with Crippen molar-refractivity contribution in [2.75, 3.05) is 18.4 Å². The topological polar surface area (TPSA) is 104 Å². The predicted octanol–water partition coefficient (Wildman–Crippen LogP) is 3.03. The number of likely N-dealkylation sites (tertiary alicyclic amines) is 1. The van der Waals surface area contributed by atoms with Gasteiger partial charge in [0.1, 0.15) is 0 Å². The number of imide groups is 1. The summed E-state index contributed by atoms with van der Waals surface area (Å²) in [7, 11) is -3.71. The van der Waals surface area contributed by atoms with E-state index in [1.54, 1.807) is 24.3 Å². The SMILES string of the molecule is O=C(Nc1ccc(CN2C(=O)CCC2=O)cc1)C1CCCN(S(=O)(=O)c2ccc(Cl)cc2)C1. The number of amides is 3. The molecule has 0 spiro atoms. The lowest BCUT2D eigenvalue weighted by atomic mass is 9.98. The van der Waals surface area contributed by atoms with Crippen molar-refractivity contribution in [3.8, 4) is 0 Å². The number of rotatable bonds is 6. The Morgan fingerprint density at radius 3 is 2.27 bits per heavy atom. The van der Waals surface area contributed by atoms with Crippen molar-refractivity contribution in [2.45, 2.75) is 37.1 Å². The molecule has 2 aliphatic rings. The Hall–Kier alpha value is -2.75. The van der Waals surface area contributed by atoms with Crippen molar-refractivity contribution >= 4 is 45.0 Å². The highest BCUT2D eigenvalue weighted by molar-refractivity contribution is 7.89. The Bertz CT molecular complexity index is 1150. The first-order valence-electron chi connectivity index (χ1n) is 10.7. The maximum Gasteiger partial charge on any atom is 0.243 e. The van der Waals surface area contributed by atoms with Crippen LogP contribution in [-0.2, 0) is 31.0 Å². The number of hydrogen-bond acceptors (Lipinski definition) is 5. The van der Waals surface area contributed by atoms with Gasteiger partial charge in [0, 0.05) is 36.6 Å². The normalized spacial score (nSPS) is 19.7. The van der Waals surface area contributed by atoms with E-state index in [2.05, 4.69) is 5.32 Å². The van der Waals surface area contributed by atoms with Gasteiger partial charge in [-0.25, -0.2) is 8.42 Å². The molecule has 3 amide bonds. The first kappa shape index (κ1) is 23.4. The van der Waals surface area contributed by atoms with Gasteiger partial charge in [-0.3, -0.25) is 19.3 Å². The molecule has 2 saturated heterocycles. The minimum absolute atomic E-state index is 0.105. The molecule has 1 unspecified atom stereocenters. The van der Waals surface area contributed by atoms with E-state index < -0.39 is 15.9 Å². The third-order valence-corrected chi connectivity index (χ3v) is 8.05. The Labute approximate surface area is 197 Å². The number of halogens is 1. The molecular weight excluding hydrogens is 466 g/mol. The number of nitrogens with one attached hydrogen (secondary N) is 1. The Morgan fingerprint density at radius 1 is 1.00 bits per heavy atom. The predicted molar refractivity (Wildman–Crippen MR) is 123 cm³/mol. The average molecular weight is 490 g/mol. The van der Waals surface area contributed by atoms with Crippen LogP contribution in [0.1, 0.15) is 31.2 Å². The van der Waals surface area contributed by atoms with Gasteiger partial charge in [0.05, 0.1) is 17.4 Å². The number of anilines is 1. The lowest BCUT2D eigenvalue weighted by Gasteiger charge is -2.31. The number of piperidine rings is 1. The molecule has 0 aliphatic carbocycles. The number of sulfonamides is 1. The summed E-state index contributed by atoms with van der Waals surface area (Å²) in [6.45, 7) is 0.678. The van der Waals surface area contributed by atoms with E-state index in [-0.39, 0.29) is 48.5 Å². The zero-order valence-electron chi connectivity index (χ0n) is 17.9. The van der Waals surface area contributed by atoms with Crippen LogP contribution in [-0.4, -0.2) is 48.4 Å². The van der Waals surface area contributed by atoms with Crippen LogP contribution in [0.2, 0.25) is 5.02 Å². The van der Waals surface area contributed by atoms with E-state index in [9.17, 15) is 22.8 Å². The second kappa shape index (κ2) is 9.62. The molecule has 2 aliphatic heterocycles. The lowest BCUT2D eigenvalue weighted by molar-refractivity contribution is -0.139. The zero-order valence-corrected chi connectivity index (χ0v) is 19.4. The van der Waals surface area contributed by atoms with Crippen LogP contribution in [0.15, 0.2) is 53.4 Å². The summed E-state index contributed by atoms with van der Waals surface area (Å²) in [5.74, 6) is -1.07. The van der Waals surface area contributed by atoms with Gasteiger partial charge in [-0.15, -0.1) is 0 Å². The number of benzene rings is 2. The van der Waals surface area contributed by atoms with Crippen molar-refractivity contribution in [3.05, 3.63) is 59.1 Å². The fraction of sp³-hybridized carbons (Fsp3) is 0.348. The largest absolute Gasteiger partial charge is 0.326 e. The van der Waals surface area contributed by atoms with Crippen molar-refractivity contribution < 1.29 is 22.8 Å². The fourth-order valence-electron chi connectivity index (χ4n) is 4.05. The molecule has 8 nitrogen and oxygen atoms in total. The summed E-state index contributed by atoms with van der Waals surface area (Å²) in [6, 6.07) is 12.9. The van der Waals surface area contributed by atoms with E-state index in [4.69, 9.17) is 11.6 Å². The first-order chi connectivity index (χ1) is 15.7. The second-order valence-corrected chi connectivity index (χ2v) is 10.6. The summed E-state index contributed by atoms with van der Waals surface area (Å²) < 4.78 is 27.2. The Kier molecular flexibility index (Phi) is 6.83. The van der Waals surface area contributed by atoms with Crippen LogP contribution in [0.4, 0.5) is 5.69 Å². The second-order valence-electron chi connectivity index (χ2n) is 8.22. The van der Waals surface area contributed by atoms with Crippen LogP contribution in [0.5, 0.6) is 0 Å². The fourth-order valence-corrected chi connectivity index (χ4v) is 5.70. The lowest BCUT2D eigenvalue weighted by Crippen LogP contribution is -2.43. The number of carbonyl (C=O) groups excluding carboxylic acids is 3. The third kappa shape index (κ3) is 5.26. The van der Waals surface area contributed by atoms with Crippen molar-refractivity contribution in [1.82, 2.24) is 9.21 Å². The van der Waals surface area contributed by atoms with Crippen LogP contribution in [0.25, 0.3) is 0 Å². The molecule has 2 heterocycles. The molecule has 0 aromatic heterocycles. The number of hydrogen-bond donors (Lipinski definition) is 1. The van der Waals surface area contributed by atoms with Crippen LogP contribution in [0, 0.1) is 5.92 Å². The molecule has 2 fully saturated rings. The van der Waals surface area contributed by atoms with E-state index >= 15 is 0 Å². The van der Waals surface area contributed by atoms with Gasteiger partial charge in [0.2, 0.25) is 27.7 Å². The van der Waals surface area contributed by atoms with Gasteiger partial charge in [0.25, 0.3) is 0 Å². The van der Waals surface area contributed by atoms with E-state index in [1.165, 1.54) is 33.5 Å². The van der Waals surface area contributed by atoms with Gasteiger partial charge in [0.15, 0.2) is 0 Å². The average Bonchev–Trinajstić information content (AvgIpc) is 3.12. The highest BCUT2D eigenvalue weighted by Gasteiger charge is 2.33. The molecule has 1 N–H and O–H groups in total. The highest BCUT2D eigenvalue weighted by atomic mass is 35.5. The molecular formula is C23H24ClN3O5S. The summed E-state index contributed by atoms with van der Waals surface area (Å²) in [5, 5.41) is 3.30. The first-order valence-corrected chi connectivity index (χ1v) is 12.5. The van der Waals surface area contributed by atoms with Crippen LogP contribution >= 0.6 is 11.6 Å².